The number of Topliss-reactive ketones (excluding diaryl/α,β-unsaturated/α-hetero) is 1. The lowest BCUT2D eigenvalue weighted by Crippen LogP contribution is -2.41. The van der Waals surface area contributed by atoms with Gasteiger partial charge in [0.25, 0.3) is 11.6 Å². The zero-order chi connectivity index (χ0) is 23.0. The highest BCUT2D eigenvalue weighted by molar-refractivity contribution is 6.31. The van der Waals surface area contributed by atoms with Gasteiger partial charge in [0.1, 0.15) is 0 Å². The molecule has 7 nitrogen and oxygen atoms in total. The largest absolute Gasteiger partial charge is 0.375 e. The van der Waals surface area contributed by atoms with E-state index in [1.807, 2.05) is 0 Å². The molecule has 3 aromatic rings. The van der Waals surface area contributed by atoms with Crippen molar-refractivity contribution in [1.82, 2.24) is 0 Å². The van der Waals surface area contributed by atoms with Crippen LogP contribution in [0.25, 0.3) is 0 Å². The number of carbonyl (C=O) groups excluding carboxylic acids is 2. The van der Waals surface area contributed by atoms with Gasteiger partial charge in [0.05, 0.1) is 23.6 Å². The maximum atomic E-state index is 13.4. The van der Waals surface area contributed by atoms with Gasteiger partial charge < -0.3 is 10.0 Å². The van der Waals surface area contributed by atoms with Crippen LogP contribution in [0, 0.1) is 10.1 Å². The number of anilines is 1. The Labute approximate surface area is 193 Å². The molecule has 0 fully saturated rings. The first-order valence-corrected chi connectivity index (χ1v) is 10.3. The first-order valence-electron chi connectivity index (χ1n) is 9.56. The summed E-state index contributed by atoms with van der Waals surface area (Å²) in [6.07, 6.45) is -0.546. The van der Waals surface area contributed by atoms with Gasteiger partial charge in [-0.1, -0.05) is 41.4 Å². The molecule has 0 aliphatic carbocycles. The van der Waals surface area contributed by atoms with Crippen molar-refractivity contribution in [2.75, 3.05) is 4.90 Å². The first-order chi connectivity index (χ1) is 15.2. The summed E-state index contributed by atoms with van der Waals surface area (Å²) in [6, 6.07) is 16.7. The highest BCUT2D eigenvalue weighted by Gasteiger charge is 2.51. The molecule has 32 heavy (non-hydrogen) atoms. The summed E-state index contributed by atoms with van der Waals surface area (Å²) >= 11 is 12.4. The van der Waals surface area contributed by atoms with Crippen molar-refractivity contribution >= 4 is 46.3 Å². The standard InChI is InChI=1S/C23H16Cl2N2O5/c24-16-7-10-20-18(11-16)23(30,12-21(28)14-5-8-17(9-6-14)27(31)32)22(29)26(20)13-15-3-1-2-4-19(15)25/h1-11,30H,12-13H2. The van der Waals surface area contributed by atoms with E-state index in [0.717, 1.165) is 0 Å². The van der Waals surface area contributed by atoms with Crippen molar-refractivity contribution in [2.24, 2.45) is 0 Å². The minimum atomic E-state index is -2.14. The predicted molar refractivity (Wildman–Crippen MR) is 120 cm³/mol. The number of non-ortho nitro benzene ring substituents is 1. The second kappa shape index (κ2) is 8.35. The van der Waals surface area contributed by atoms with Gasteiger partial charge in [-0.25, -0.2) is 0 Å². The molecule has 1 atom stereocenters. The van der Waals surface area contributed by atoms with E-state index in [4.69, 9.17) is 23.2 Å². The van der Waals surface area contributed by atoms with Crippen molar-refractivity contribution in [1.29, 1.82) is 0 Å². The lowest BCUT2D eigenvalue weighted by molar-refractivity contribution is -0.384. The number of benzene rings is 3. The van der Waals surface area contributed by atoms with Gasteiger partial charge >= 0.3 is 0 Å². The van der Waals surface area contributed by atoms with E-state index in [0.29, 0.717) is 21.3 Å². The summed E-state index contributed by atoms with van der Waals surface area (Å²) in [5.74, 6) is -1.22. The van der Waals surface area contributed by atoms with Crippen molar-refractivity contribution in [3.63, 3.8) is 0 Å². The maximum absolute atomic E-state index is 13.4. The van der Waals surface area contributed by atoms with Crippen LogP contribution in [0.1, 0.15) is 27.9 Å². The molecule has 0 saturated carbocycles. The van der Waals surface area contributed by atoms with Crippen LogP contribution in [0.5, 0.6) is 0 Å². The van der Waals surface area contributed by atoms with Crippen LogP contribution in [0.4, 0.5) is 11.4 Å². The maximum Gasteiger partial charge on any atom is 0.269 e. The van der Waals surface area contributed by atoms with Crippen LogP contribution in [-0.4, -0.2) is 21.7 Å². The minimum absolute atomic E-state index is 0.0984. The number of nitro benzene ring substituents is 1. The van der Waals surface area contributed by atoms with Gasteiger partial charge in [-0.15, -0.1) is 0 Å². The number of hydrogen-bond donors (Lipinski definition) is 1. The molecule has 3 aromatic carbocycles. The van der Waals surface area contributed by atoms with E-state index >= 15 is 0 Å². The second-order valence-electron chi connectivity index (χ2n) is 7.41. The third-order valence-electron chi connectivity index (χ3n) is 5.40. The van der Waals surface area contributed by atoms with Gasteiger partial charge in [0, 0.05) is 33.3 Å². The molecule has 0 radical (unpaired) electrons. The summed E-state index contributed by atoms with van der Waals surface area (Å²) in [6.45, 7) is 0.0984. The Balaban J connectivity index is 1.69. The fraction of sp³-hybridized carbons (Fsp3) is 0.130. The molecular weight excluding hydrogens is 455 g/mol. The van der Waals surface area contributed by atoms with E-state index < -0.39 is 28.6 Å². The van der Waals surface area contributed by atoms with Gasteiger partial charge in [-0.05, 0) is 42.0 Å². The average Bonchev–Trinajstić information content (AvgIpc) is 2.96. The molecule has 0 spiro atoms. The fourth-order valence-corrected chi connectivity index (χ4v) is 4.12. The number of nitro groups is 1. The zero-order valence-electron chi connectivity index (χ0n) is 16.5. The Morgan fingerprint density at radius 3 is 2.41 bits per heavy atom. The second-order valence-corrected chi connectivity index (χ2v) is 8.25. The third kappa shape index (κ3) is 3.86. The van der Waals surface area contributed by atoms with Crippen LogP contribution < -0.4 is 4.90 Å². The number of nitrogens with zero attached hydrogens (tertiary/aromatic N) is 2. The molecule has 1 N–H and O–H groups in total. The molecule has 9 heteroatoms. The summed E-state index contributed by atoms with van der Waals surface area (Å²) in [7, 11) is 0. The molecule has 4 rings (SSSR count). The monoisotopic (exact) mass is 470 g/mol. The topological polar surface area (TPSA) is 101 Å². The van der Waals surface area contributed by atoms with E-state index in [9.17, 15) is 24.8 Å². The number of rotatable bonds is 6. The third-order valence-corrected chi connectivity index (χ3v) is 6.00. The number of carbonyl (C=O) groups is 2. The quantitative estimate of drug-likeness (QED) is 0.313. The zero-order valence-corrected chi connectivity index (χ0v) is 18.0. The molecule has 1 aliphatic rings. The molecule has 0 bridgehead atoms. The molecule has 1 heterocycles. The van der Waals surface area contributed by atoms with E-state index in [2.05, 4.69) is 0 Å². The molecule has 1 unspecified atom stereocenters. The van der Waals surface area contributed by atoms with Gasteiger partial charge in [0.2, 0.25) is 0 Å². The van der Waals surface area contributed by atoms with Crippen LogP contribution in [0.3, 0.4) is 0 Å². The lowest BCUT2D eigenvalue weighted by Gasteiger charge is -2.23. The Bertz CT molecular complexity index is 1250. The Morgan fingerprint density at radius 2 is 1.75 bits per heavy atom. The van der Waals surface area contributed by atoms with Crippen molar-refractivity contribution < 1.29 is 19.6 Å². The first kappa shape index (κ1) is 22.0. The van der Waals surface area contributed by atoms with Crippen LogP contribution in [0.15, 0.2) is 66.7 Å². The number of hydrogen-bond acceptors (Lipinski definition) is 5. The number of ketones is 1. The normalized spacial score (nSPS) is 17.3. The number of aliphatic hydroxyl groups is 1. The summed E-state index contributed by atoms with van der Waals surface area (Å²) in [5, 5.41) is 23.0. The van der Waals surface area contributed by atoms with Gasteiger partial charge in [-0.2, -0.15) is 0 Å². The number of fused-ring (bicyclic) bond motifs is 1. The van der Waals surface area contributed by atoms with Crippen LogP contribution in [0.2, 0.25) is 10.0 Å². The van der Waals surface area contributed by atoms with Crippen molar-refractivity contribution in [2.45, 2.75) is 18.6 Å². The smallest absolute Gasteiger partial charge is 0.269 e. The van der Waals surface area contributed by atoms with Crippen molar-refractivity contribution in [3.05, 3.63) is 104 Å². The molecule has 0 saturated heterocycles. The fourth-order valence-electron chi connectivity index (χ4n) is 3.75. The summed E-state index contributed by atoms with van der Waals surface area (Å²) in [4.78, 5) is 37.9. The molecular formula is C23H16Cl2N2O5. The summed E-state index contributed by atoms with van der Waals surface area (Å²) < 4.78 is 0. The minimum Gasteiger partial charge on any atom is -0.375 e. The highest BCUT2D eigenvalue weighted by atomic mass is 35.5. The van der Waals surface area contributed by atoms with E-state index in [1.54, 1.807) is 36.4 Å². The summed E-state index contributed by atoms with van der Waals surface area (Å²) in [5.41, 5.74) is -0.837. The number of amides is 1. The SMILES string of the molecule is O=C(CC1(O)C(=O)N(Cc2ccccc2Cl)c2ccc(Cl)cc21)c1ccc([N+](=O)[O-])cc1. The predicted octanol–water partition coefficient (Wildman–Crippen LogP) is 4.91. The highest BCUT2D eigenvalue weighted by Crippen LogP contribution is 2.45. The molecule has 0 aromatic heterocycles. The lowest BCUT2D eigenvalue weighted by atomic mass is 9.88. The number of halogens is 2. The van der Waals surface area contributed by atoms with E-state index in [1.165, 1.54) is 35.2 Å². The molecule has 162 valence electrons. The molecule has 1 aliphatic heterocycles. The van der Waals surface area contributed by atoms with Gasteiger partial charge in [0.15, 0.2) is 11.4 Å². The Hall–Kier alpha value is -3.26. The molecule has 1 amide bonds. The van der Waals surface area contributed by atoms with E-state index in [-0.39, 0.29) is 23.4 Å². The Morgan fingerprint density at radius 1 is 1.06 bits per heavy atom. The van der Waals surface area contributed by atoms with Crippen LogP contribution >= 0.6 is 23.2 Å². The van der Waals surface area contributed by atoms with Crippen LogP contribution in [-0.2, 0) is 16.9 Å². The average molecular weight is 471 g/mol. The Kier molecular flexibility index (Phi) is 5.73. The van der Waals surface area contributed by atoms with Gasteiger partial charge in [-0.3, -0.25) is 19.7 Å². The van der Waals surface area contributed by atoms with Crippen molar-refractivity contribution in [3.8, 4) is 0 Å².